The maximum Gasteiger partial charge on any atom is 0.338 e. The highest BCUT2D eigenvalue weighted by atomic mass is 35.5. The van der Waals surface area contributed by atoms with Crippen molar-refractivity contribution in [2.45, 2.75) is 26.8 Å². The van der Waals surface area contributed by atoms with E-state index in [1.54, 1.807) is 0 Å². The molecule has 0 radical (unpaired) electrons. The fraction of sp³-hybridized carbons (Fsp3) is 0.467. The zero-order chi connectivity index (χ0) is 16.9. The van der Waals surface area contributed by atoms with Gasteiger partial charge in [-0.25, -0.2) is 4.79 Å². The predicted octanol–water partition coefficient (Wildman–Crippen LogP) is 3.32. The summed E-state index contributed by atoms with van der Waals surface area (Å²) in [4.78, 5) is 23.6. The van der Waals surface area contributed by atoms with Crippen LogP contribution in [0.4, 0.5) is 0 Å². The predicted molar refractivity (Wildman–Crippen MR) is 85.7 cm³/mol. The topological polar surface area (TPSA) is 64.6 Å². The monoisotopic (exact) mass is 347 g/mol. The Kier molecular flexibility index (Phi) is 6.97. The minimum absolute atomic E-state index is 0.00363. The molecule has 0 aliphatic heterocycles. The van der Waals surface area contributed by atoms with Crippen LogP contribution >= 0.6 is 23.2 Å². The number of benzene rings is 1. The van der Waals surface area contributed by atoms with E-state index in [9.17, 15) is 9.59 Å². The third-order valence-electron chi connectivity index (χ3n) is 3.16. The Hall–Kier alpha value is -1.46. The van der Waals surface area contributed by atoms with Gasteiger partial charge in [-0.05, 0) is 25.0 Å². The van der Waals surface area contributed by atoms with Gasteiger partial charge in [0.15, 0.2) is 12.4 Å². The summed E-state index contributed by atoms with van der Waals surface area (Å²) < 4.78 is 9.94. The van der Waals surface area contributed by atoms with Crippen molar-refractivity contribution in [1.82, 2.24) is 5.32 Å². The van der Waals surface area contributed by atoms with E-state index in [-0.39, 0.29) is 39.9 Å². The van der Waals surface area contributed by atoms with Gasteiger partial charge in [-0.15, -0.1) is 0 Å². The largest absolute Gasteiger partial charge is 0.494 e. The number of carbonyl (C=O) groups is 2. The summed E-state index contributed by atoms with van der Waals surface area (Å²) in [7, 11) is 1.42. The number of carbonyl (C=O) groups excluding carboxylic acids is 2. The van der Waals surface area contributed by atoms with Gasteiger partial charge in [-0.1, -0.05) is 37.0 Å². The number of ether oxygens (including phenoxy) is 2. The number of nitrogens with one attached hydrogen (secondary N) is 1. The molecule has 122 valence electrons. The molecule has 0 spiro atoms. The van der Waals surface area contributed by atoms with Crippen LogP contribution in [-0.4, -0.2) is 31.6 Å². The Bertz CT molecular complexity index is 537. The first kappa shape index (κ1) is 18.6. The second-order valence-corrected chi connectivity index (χ2v) is 5.96. The second kappa shape index (κ2) is 8.25. The van der Waals surface area contributed by atoms with Gasteiger partial charge >= 0.3 is 5.97 Å². The first-order valence-electron chi connectivity index (χ1n) is 6.75. The molecule has 22 heavy (non-hydrogen) atoms. The summed E-state index contributed by atoms with van der Waals surface area (Å²) in [5.74, 6) is -0.471. The zero-order valence-corrected chi connectivity index (χ0v) is 14.4. The number of amides is 1. The van der Waals surface area contributed by atoms with E-state index in [2.05, 4.69) is 5.32 Å². The smallest absolute Gasteiger partial charge is 0.338 e. The first-order chi connectivity index (χ1) is 10.3. The molecule has 0 bridgehead atoms. The van der Waals surface area contributed by atoms with Crippen molar-refractivity contribution < 1.29 is 19.1 Å². The van der Waals surface area contributed by atoms with Gasteiger partial charge in [-0.2, -0.15) is 0 Å². The molecule has 0 aliphatic rings. The molecule has 5 nitrogen and oxygen atoms in total. The van der Waals surface area contributed by atoms with Gasteiger partial charge in [0.1, 0.15) is 0 Å². The van der Waals surface area contributed by atoms with E-state index in [1.807, 2.05) is 20.8 Å². The van der Waals surface area contributed by atoms with Crippen LogP contribution in [-0.2, 0) is 9.53 Å². The molecular weight excluding hydrogens is 329 g/mol. The molecule has 0 saturated heterocycles. The van der Waals surface area contributed by atoms with Crippen LogP contribution in [0, 0.1) is 5.92 Å². The van der Waals surface area contributed by atoms with Crippen molar-refractivity contribution in [3.05, 3.63) is 27.7 Å². The maximum atomic E-state index is 11.9. The fourth-order valence-electron chi connectivity index (χ4n) is 1.55. The van der Waals surface area contributed by atoms with Crippen LogP contribution in [0.3, 0.4) is 0 Å². The highest BCUT2D eigenvalue weighted by Crippen LogP contribution is 2.33. The lowest BCUT2D eigenvalue weighted by Gasteiger charge is -2.17. The molecule has 1 amide bonds. The third-order valence-corrected chi connectivity index (χ3v) is 3.72. The van der Waals surface area contributed by atoms with Crippen molar-refractivity contribution in [3.63, 3.8) is 0 Å². The molecule has 7 heteroatoms. The Morgan fingerprint density at radius 2 is 1.73 bits per heavy atom. The molecule has 1 atom stereocenters. The maximum absolute atomic E-state index is 11.9. The molecule has 0 saturated carbocycles. The van der Waals surface area contributed by atoms with Gasteiger partial charge in [0.25, 0.3) is 5.91 Å². The summed E-state index contributed by atoms with van der Waals surface area (Å²) in [6, 6.07) is 2.75. The summed E-state index contributed by atoms with van der Waals surface area (Å²) in [5.41, 5.74) is 0.153. The van der Waals surface area contributed by atoms with E-state index < -0.39 is 5.97 Å². The summed E-state index contributed by atoms with van der Waals surface area (Å²) >= 11 is 11.9. The van der Waals surface area contributed by atoms with Crippen LogP contribution in [0.2, 0.25) is 10.0 Å². The average Bonchev–Trinajstić information content (AvgIpc) is 2.44. The molecule has 0 aromatic heterocycles. The normalized spacial score (nSPS) is 12.0. The van der Waals surface area contributed by atoms with Crippen LogP contribution in [0.5, 0.6) is 5.75 Å². The van der Waals surface area contributed by atoms with Gasteiger partial charge in [0, 0.05) is 6.04 Å². The molecule has 0 fully saturated rings. The first-order valence-corrected chi connectivity index (χ1v) is 7.51. The minimum atomic E-state index is -0.682. The van der Waals surface area contributed by atoms with Crippen LogP contribution in [0.25, 0.3) is 0 Å². The van der Waals surface area contributed by atoms with Gasteiger partial charge in [0.05, 0.1) is 22.7 Å². The summed E-state index contributed by atoms with van der Waals surface area (Å²) in [5, 5.41) is 3.13. The molecular formula is C15H19Cl2NO4. The Balaban J connectivity index is 2.65. The quantitative estimate of drug-likeness (QED) is 0.801. The van der Waals surface area contributed by atoms with Gasteiger partial charge in [-0.3, -0.25) is 4.79 Å². The lowest BCUT2D eigenvalue weighted by molar-refractivity contribution is -0.125. The molecule has 1 aromatic rings. The van der Waals surface area contributed by atoms with Crippen molar-refractivity contribution in [2.24, 2.45) is 5.92 Å². The van der Waals surface area contributed by atoms with Crippen molar-refractivity contribution in [1.29, 1.82) is 0 Å². The van der Waals surface area contributed by atoms with Crippen LogP contribution in [0.15, 0.2) is 12.1 Å². The number of esters is 1. The van der Waals surface area contributed by atoms with E-state index in [0.29, 0.717) is 5.92 Å². The minimum Gasteiger partial charge on any atom is -0.494 e. The highest BCUT2D eigenvalue weighted by Gasteiger charge is 2.17. The SMILES string of the molecule is COc1c(Cl)cc(C(=O)OCC(=O)N[C@@H](C)C(C)C)cc1Cl. The number of rotatable bonds is 6. The van der Waals surface area contributed by atoms with Crippen LogP contribution < -0.4 is 10.1 Å². The molecule has 1 rings (SSSR count). The van der Waals surface area contributed by atoms with E-state index in [0.717, 1.165) is 0 Å². The van der Waals surface area contributed by atoms with E-state index in [4.69, 9.17) is 32.7 Å². The highest BCUT2D eigenvalue weighted by molar-refractivity contribution is 6.37. The molecule has 1 N–H and O–H groups in total. The Labute approximate surface area is 139 Å². The molecule has 0 unspecified atom stereocenters. The van der Waals surface area contributed by atoms with Crippen molar-refractivity contribution in [2.75, 3.05) is 13.7 Å². The summed E-state index contributed by atoms with van der Waals surface area (Å²) in [6.45, 7) is 5.49. The number of halogens is 2. The van der Waals surface area contributed by atoms with Crippen molar-refractivity contribution >= 4 is 35.1 Å². The Morgan fingerprint density at radius 1 is 1.18 bits per heavy atom. The fourth-order valence-corrected chi connectivity index (χ4v) is 2.19. The number of methoxy groups -OCH3 is 1. The van der Waals surface area contributed by atoms with Gasteiger partial charge in [0.2, 0.25) is 0 Å². The lowest BCUT2D eigenvalue weighted by atomic mass is 10.1. The molecule has 1 aromatic carbocycles. The summed E-state index contributed by atoms with van der Waals surface area (Å²) in [6.07, 6.45) is 0. The molecule has 0 aliphatic carbocycles. The average molecular weight is 348 g/mol. The lowest BCUT2D eigenvalue weighted by Crippen LogP contribution is -2.38. The number of hydrogen-bond donors (Lipinski definition) is 1. The number of hydrogen-bond acceptors (Lipinski definition) is 4. The zero-order valence-electron chi connectivity index (χ0n) is 12.9. The molecule has 0 heterocycles. The third kappa shape index (κ3) is 5.07. The van der Waals surface area contributed by atoms with E-state index >= 15 is 0 Å². The standard InChI is InChI=1S/C15H19Cl2NO4/c1-8(2)9(3)18-13(19)7-22-15(20)10-5-11(16)14(21-4)12(17)6-10/h5-6,8-9H,7H2,1-4H3,(H,18,19)/t9-/m0/s1. The van der Waals surface area contributed by atoms with E-state index in [1.165, 1.54) is 19.2 Å². The second-order valence-electron chi connectivity index (χ2n) is 5.15. The van der Waals surface area contributed by atoms with Gasteiger partial charge < -0.3 is 14.8 Å². The Morgan fingerprint density at radius 3 is 2.18 bits per heavy atom. The van der Waals surface area contributed by atoms with Crippen LogP contribution in [0.1, 0.15) is 31.1 Å². The van der Waals surface area contributed by atoms with Crippen molar-refractivity contribution in [3.8, 4) is 5.75 Å².